The van der Waals surface area contributed by atoms with E-state index in [1.165, 1.54) is 38.5 Å². The Morgan fingerprint density at radius 2 is 1.84 bits per heavy atom. The summed E-state index contributed by atoms with van der Waals surface area (Å²) in [6, 6.07) is 2.03. The van der Waals surface area contributed by atoms with Gasteiger partial charge in [-0.3, -0.25) is 0 Å². The van der Waals surface area contributed by atoms with Crippen LogP contribution in [-0.4, -0.2) is 15.5 Å². The molecule has 3 heteroatoms. The Balaban J connectivity index is 2.01. The maximum atomic E-state index is 4.77. The Labute approximate surface area is 117 Å². The molecule has 1 aromatic rings. The van der Waals surface area contributed by atoms with Crippen molar-refractivity contribution in [2.75, 3.05) is 0 Å². The molecule has 106 valence electrons. The van der Waals surface area contributed by atoms with Crippen molar-refractivity contribution >= 4 is 0 Å². The van der Waals surface area contributed by atoms with E-state index < -0.39 is 0 Å². The smallest absolute Gasteiger partial charge is 0.131 e. The molecule has 1 N–H and O–H groups in total. The van der Waals surface area contributed by atoms with Crippen LogP contribution in [0.15, 0.2) is 12.3 Å². The van der Waals surface area contributed by atoms with Gasteiger partial charge < -0.3 is 5.32 Å². The Hall–Kier alpha value is -0.960. The zero-order chi connectivity index (χ0) is 13.7. The van der Waals surface area contributed by atoms with Gasteiger partial charge in [0, 0.05) is 24.2 Å². The predicted molar refractivity (Wildman–Crippen MR) is 79.1 cm³/mol. The lowest BCUT2D eigenvalue weighted by Crippen LogP contribution is -2.35. The van der Waals surface area contributed by atoms with E-state index in [-0.39, 0.29) is 5.54 Å². The van der Waals surface area contributed by atoms with Crippen molar-refractivity contribution in [3.63, 3.8) is 0 Å². The van der Waals surface area contributed by atoms with E-state index in [1.54, 1.807) is 0 Å². The lowest BCUT2D eigenvalue weighted by Gasteiger charge is -2.20. The third-order valence-electron chi connectivity index (χ3n) is 3.75. The third-order valence-corrected chi connectivity index (χ3v) is 3.75. The summed E-state index contributed by atoms with van der Waals surface area (Å²) in [6.45, 7) is 7.37. The van der Waals surface area contributed by atoms with Gasteiger partial charge in [-0.05, 0) is 39.7 Å². The molecule has 3 nitrogen and oxygen atoms in total. The van der Waals surface area contributed by atoms with Gasteiger partial charge in [0.1, 0.15) is 5.82 Å². The van der Waals surface area contributed by atoms with Crippen molar-refractivity contribution in [2.45, 2.75) is 77.3 Å². The van der Waals surface area contributed by atoms with Gasteiger partial charge in [0.2, 0.25) is 0 Å². The standard InChI is InChI=1S/C16H27N3/c1-16(2,3)18-12-14-10-11-17-15(19-14)13-8-6-4-5-7-9-13/h10-11,13,18H,4-9,12H2,1-3H3. The minimum absolute atomic E-state index is 0.132. The van der Waals surface area contributed by atoms with E-state index in [0.717, 1.165) is 18.1 Å². The van der Waals surface area contributed by atoms with Crippen LogP contribution in [0.1, 0.15) is 76.7 Å². The zero-order valence-electron chi connectivity index (χ0n) is 12.6. The van der Waals surface area contributed by atoms with Crippen LogP contribution in [0.5, 0.6) is 0 Å². The normalized spacial score (nSPS) is 18.3. The number of hydrogen-bond acceptors (Lipinski definition) is 3. The lowest BCUT2D eigenvalue weighted by molar-refractivity contribution is 0.419. The van der Waals surface area contributed by atoms with E-state index >= 15 is 0 Å². The Kier molecular flexibility index (Phi) is 4.92. The van der Waals surface area contributed by atoms with E-state index in [1.807, 2.05) is 12.3 Å². The molecule has 1 saturated carbocycles. The van der Waals surface area contributed by atoms with Gasteiger partial charge in [0.15, 0.2) is 0 Å². The monoisotopic (exact) mass is 261 g/mol. The molecule has 0 atom stereocenters. The molecule has 0 aromatic carbocycles. The molecule has 0 unspecified atom stereocenters. The van der Waals surface area contributed by atoms with E-state index in [4.69, 9.17) is 4.98 Å². The fourth-order valence-electron chi connectivity index (χ4n) is 2.60. The molecular weight excluding hydrogens is 234 g/mol. The maximum absolute atomic E-state index is 4.77. The highest BCUT2D eigenvalue weighted by atomic mass is 15.0. The molecule has 1 heterocycles. The Morgan fingerprint density at radius 1 is 1.16 bits per heavy atom. The summed E-state index contributed by atoms with van der Waals surface area (Å²) in [4.78, 5) is 9.28. The first kappa shape index (κ1) is 14.4. The molecule has 1 aliphatic rings. The quantitative estimate of drug-likeness (QED) is 0.841. The van der Waals surface area contributed by atoms with Gasteiger partial charge >= 0.3 is 0 Å². The molecule has 19 heavy (non-hydrogen) atoms. The Morgan fingerprint density at radius 3 is 2.47 bits per heavy atom. The number of rotatable bonds is 3. The molecule has 0 spiro atoms. The predicted octanol–water partition coefficient (Wildman–Crippen LogP) is 3.80. The van der Waals surface area contributed by atoms with Crippen molar-refractivity contribution in [3.8, 4) is 0 Å². The highest BCUT2D eigenvalue weighted by molar-refractivity contribution is 5.06. The average molecular weight is 261 g/mol. The van der Waals surface area contributed by atoms with Gasteiger partial charge in [0.05, 0.1) is 5.69 Å². The van der Waals surface area contributed by atoms with Crippen LogP contribution < -0.4 is 5.32 Å². The van der Waals surface area contributed by atoms with Crippen LogP contribution in [0.4, 0.5) is 0 Å². The van der Waals surface area contributed by atoms with Crippen molar-refractivity contribution in [2.24, 2.45) is 0 Å². The molecular formula is C16H27N3. The van der Waals surface area contributed by atoms with E-state index in [2.05, 4.69) is 31.1 Å². The third kappa shape index (κ3) is 4.90. The van der Waals surface area contributed by atoms with Crippen molar-refractivity contribution in [1.82, 2.24) is 15.3 Å². The summed E-state index contributed by atoms with van der Waals surface area (Å²) in [6.07, 6.45) is 9.86. The first-order valence-electron chi connectivity index (χ1n) is 7.61. The topological polar surface area (TPSA) is 37.8 Å². The number of aromatic nitrogens is 2. The zero-order valence-corrected chi connectivity index (χ0v) is 12.6. The average Bonchev–Trinajstić information content (AvgIpc) is 2.65. The van der Waals surface area contributed by atoms with Crippen LogP contribution >= 0.6 is 0 Å². The summed E-state index contributed by atoms with van der Waals surface area (Å²) in [5, 5.41) is 3.49. The molecule has 1 aromatic heterocycles. The van der Waals surface area contributed by atoms with Crippen LogP contribution in [0.2, 0.25) is 0 Å². The molecule has 0 bridgehead atoms. The molecule has 2 rings (SSSR count). The fourth-order valence-corrected chi connectivity index (χ4v) is 2.60. The van der Waals surface area contributed by atoms with Gasteiger partial charge in [-0.2, -0.15) is 0 Å². The first-order valence-corrected chi connectivity index (χ1v) is 7.61. The number of nitrogens with zero attached hydrogens (tertiary/aromatic N) is 2. The van der Waals surface area contributed by atoms with Gasteiger partial charge in [-0.1, -0.05) is 25.7 Å². The van der Waals surface area contributed by atoms with Crippen molar-refractivity contribution in [3.05, 3.63) is 23.8 Å². The minimum atomic E-state index is 0.132. The number of nitrogens with one attached hydrogen (secondary N) is 1. The number of hydrogen-bond donors (Lipinski definition) is 1. The summed E-state index contributed by atoms with van der Waals surface area (Å²) >= 11 is 0. The highest BCUT2D eigenvalue weighted by Gasteiger charge is 2.17. The highest BCUT2D eigenvalue weighted by Crippen LogP contribution is 2.29. The fraction of sp³-hybridized carbons (Fsp3) is 0.750. The summed E-state index contributed by atoms with van der Waals surface area (Å²) < 4.78 is 0. The van der Waals surface area contributed by atoms with Crippen LogP contribution in [0, 0.1) is 0 Å². The largest absolute Gasteiger partial charge is 0.306 e. The molecule has 1 aliphatic carbocycles. The second-order valence-electron chi connectivity index (χ2n) is 6.70. The van der Waals surface area contributed by atoms with E-state index in [0.29, 0.717) is 5.92 Å². The summed E-state index contributed by atoms with van der Waals surface area (Å²) in [7, 11) is 0. The molecule has 0 radical (unpaired) electrons. The molecule has 1 fully saturated rings. The van der Waals surface area contributed by atoms with Gasteiger partial charge in [-0.15, -0.1) is 0 Å². The molecule has 0 amide bonds. The maximum Gasteiger partial charge on any atom is 0.131 e. The SMILES string of the molecule is CC(C)(C)NCc1ccnc(C2CCCCCC2)n1. The molecule has 0 saturated heterocycles. The minimum Gasteiger partial charge on any atom is -0.306 e. The second-order valence-corrected chi connectivity index (χ2v) is 6.70. The lowest BCUT2D eigenvalue weighted by atomic mass is 9.99. The van der Waals surface area contributed by atoms with Crippen LogP contribution in [-0.2, 0) is 6.54 Å². The summed E-state index contributed by atoms with van der Waals surface area (Å²) in [5.41, 5.74) is 1.25. The Bertz CT molecular complexity index is 387. The van der Waals surface area contributed by atoms with Gasteiger partial charge in [0.25, 0.3) is 0 Å². The van der Waals surface area contributed by atoms with E-state index in [9.17, 15) is 0 Å². The van der Waals surface area contributed by atoms with Crippen LogP contribution in [0.3, 0.4) is 0 Å². The van der Waals surface area contributed by atoms with Crippen molar-refractivity contribution < 1.29 is 0 Å². The van der Waals surface area contributed by atoms with Crippen LogP contribution in [0.25, 0.3) is 0 Å². The second kappa shape index (κ2) is 6.47. The molecule has 0 aliphatic heterocycles. The first-order chi connectivity index (χ1) is 9.04. The van der Waals surface area contributed by atoms with Gasteiger partial charge in [-0.25, -0.2) is 9.97 Å². The van der Waals surface area contributed by atoms with Crippen molar-refractivity contribution in [1.29, 1.82) is 0 Å². The summed E-state index contributed by atoms with van der Waals surface area (Å²) in [5.74, 6) is 1.65.